The summed E-state index contributed by atoms with van der Waals surface area (Å²) in [6, 6.07) is 5.96. The van der Waals surface area contributed by atoms with Gasteiger partial charge in [0.25, 0.3) is 0 Å². The Morgan fingerprint density at radius 3 is 2.47 bits per heavy atom. The molecule has 0 bridgehead atoms. The van der Waals surface area contributed by atoms with Gasteiger partial charge in [-0.05, 0) is 19.4 Å². The Morgan fingerprint density at radius 2 is 2.00 bits per heavy atom. The van der Waals surface area contributed by atoms with Crippen LogP contribution in [0.3, 0.4) is 0 Å². The van der Waals surface area contributed by atoms with Crippen molar-refractivity contribution >= 4 is 5.97 Å². The molecule has 1 aromatic rings. The lowest BCUT2D eigenvalue weighted by molar-refractivity contribution is -0.510. The van der Waals surface area contributed by atoms with Gasteiger partial charge in [0.05, 0.1) is 13.0 Å². The number of esters is 1. The van der Waals surface area contributed by atoms with E-state index in [1.807, 2.05) is 19.1 Å². The van der Waals surface area contributed by atoms with Gasteiger partial charge in [0.1, 0.15) is 0 Å². The molecular weight excluding hydrogens is 222 g/mol. The van der Waals surface area contributed by atoms with Crippen LogP contribution in [0.1, 0.15) is 18.1 Å². The SMILES string of the molecule is CCOC(=O)[C@H](Cc1ccc(C)cc1)[N+](=O)[O-]. The Labute approximate surface area is 99.5 Å². The smallest absolute Gasteiger partial charge is 0.382 e. The van der Waals surface area contributed by atoms with E-state index in [4.69, 9.17) is 0 Å². The van der Waals surface area contributed by atoms with Crippen LogP contribution in [0.25, 0.3) is 0 Å². The number of nitro groups is 1. The highest BCUT2D eigenvalue weighted by Crippen LogP contribution is 2.09. The molecule has 0 heterocycles. The number of hydrogen-bond acceptors (Lipinski definition) is 4. The number of aryl methyl sites for hydroxylation is 1. The quantitative estimate of drug-likeness (QED) is 0.444. The second-order valence-corrected chi connectivity index (χ2v) is 3.74. The van der Waals surface area contributed by atoms with Crippen LogP contribution in [0.5, 0.6) is 0 Å². The Kier molecular flexibility index (Phi) is 4.63. The summed E-state index contributed by atoms with van der Waals surface area (Å²) in [7, 11) is 0. The minimum Gasteiger partial charge on any atom is -0.461 e. The van der Waals surface area contributed by atoms with Gasteiger partial charge in [-0.2, -0.15) is 0 Å². The average molecular weight is 237 g/mol. The van der Waals surface area contributed by atoms with Crippen LogP contribution in [0.15, 0.2) is 24.3 Å². The molecule has 1 rings (SSSR count). The Balaban J connectivity index is 2.76. The lowest BCUT2D eigenvalue weighted by Gasteiger charge is -2.08. The predicted octanol–water partition coefficient (Wildman–Crippen LogP) is 1.75. The van der Waals surface area contributed by atoms with Gasteiger partial charge >= 0.3 is 12.0 Å². The molecule has 0 aliphatic heterocycles. The molecule has 0 fully saturated rings. The third kappa shape index (κ3) is 3.86. The standard InChI is InChI=1S/C12H15NO4/c1-3-17-12(14)11(13(15)16)8-10-6-4-9(2)5-7-10/h4-7,11H,3,8H2,1-2H3/t11-/m0/s1. The minimum atomic E-state index is -1.32. The predicted molar refractivity (Wildman–Crippen MR) is 62.3 cm³/mol. The van der Waals surface area contributed by atoms with E-state index in [0.29, 0.717) is 0 Å². The van der Waals surface area contributed by atoms with Crippen molar-refractivity contribution in [2.24, 2.45) is 0 Å². The maximum Gasteiger partial charge on any atom is 0.382 e. The van der Waals surface area contributed by atoms with Crippen molar-refractivity contribution in [3.63, 3.8) is 0 Å². The summed E-state index contributed by atoms with van der Waals surface area (Å²) in [5.41, 5.74) is 1.83. The molecule has 0 N–H and O–H groups in total. The topological polar surface area (TPSA) is 69.4 Å². The lowest BCUT2D eigenvalue weighted by atomic mass is 10.1. The number of hydrogen-bond donors (Lipinski definition) is 0. The molecule has 0 saturated heterocycles. The van der Waals surface area contributed by atoms with Crippen LogP contribution in [-0.4, -0.2) is 23.5 Å². The van der Waals surface area contributed by atoms with E-state index in [0.717, 1.165) is 11.1 Å². The van der Waals surface area contributed by atoms with E-state index in [9.17, 15) is 14.9 Å². The fourth-order valence-corrected chi connectivity index (χ4v) is 1.43. The van der Waals surface area contributed by atoms with Crippen molar-refractivity contribution < 1.29 is 14.5 Å². The summed E-state index contributed by atoms with van der Waals surface area (Å²) >= 11 is 0. The van der Waals surface area contributed by atoms with Gasteiger partial charge in [-0.3, -0.25) is 10.1 Å². The van der Waals surface area contributed by atoms with E-state index < -0.39 is 16.9 Å². The van der Waals surface area contributed by atoms with Crippen molar-refractivity contribution in [3.05, 3.63) is 45.5 Å². The third-order valence-electron chi connectivity index (χ3n) is 2.36. The molecule has 0 radical (unpaired) electrons. The molecule has 0 aliphatic carbocycles. The highest BCUT2D eigenvalue weighted by atomic mass is 16.6. The first-order valence-corrected chi connectivity index (χ1v) is 5.40. The number of benzene rings is 1. The maximum atomic E-state index is 11.4. The van der Waals surface area contributed by atoms with Crippen molar-refractivity contribution in [3.8, 4) is 0 Å². The van der Waals surface area contributed by atoms with Crippen LogP contribution >= 0.6 is 0 Å². The Bertz CT molecular complexity index is 399. The molecule has 0 saturated carbocycles. The number of rotatable bonds is 5. The van der Waals surface area contributed by atoms with Gasteiger partial charge in [0, 0.05) is 4.92 Å². The fourth-order valence-electron chi connectivity index (χ4n) is 1.43. The van der Waals surface area contributed by atoms with Crippen LogP contribution < -0.4 is 0 Å². The Morgan fingerprint density at radius 1 is 1.41 bits per heavy atom. The number of carbonyl (C=O) groups excluding carboxylic acids is 1. The third-order valence-corrected chi connectivity index (χ3v) is 2.36. The zero-order valence-corrected chi connectivity index (χ0v) is 9.88. The zero-order valence-electron chi connectivity index (χ0n) is 9.88. The van der Waals surface area contributed by atoms with Crippen molar-refractivity contribution in [1.82, 2.24) is 0 Å². The average Bonchev–Trinajstić information content (AvgIpc) is 2.28. The minimum absolute atomic E-state index is 0.0616. The summed E-state index contributed by atoms with van der Waals surface area (Å²) in [6.07, 6.45) is 0.0616. The Hall–Kier alpha value is -1.91. The maximum absolute atomic E-state index is 11.4. The fraction of sp³-hybridized carbons (Fsp3) is 0.417. The van der Waals surface area contributed by atoms with Crippen LogP contribution in [0, 0.1) is 17.0 Å². The summed E-state index contributed by atoms with van der Waals surface area (Å²) in [4.78, 5) is 21.6. The van der Waals surface area contributed by atoms with Crippen LogP contribution in [-0.2, 0) is 16.0 Å². The molecule has 0 spiro atoms. The first-order chi connectivity index (χ1) is 8.04. The highest BCUT2D eigenvalue weighted by molar-refractivity contribution is 5.74. The molecule has 0 amide bonds. The van der Waals surface area contributed by atoms with Crippen molar-refractivity contribution in [2.75, 3.05) is 6.61 Å². The molecule has 1 aromatic carbocycles. The first-order valence-electron chi connectivity index (χ1n) is 5.40. The highest BCUT2D eigenvalue weighted by Gasteiger charge is 2.31. The monoisotopic (exact) mass is 237 g/mol. The van der Waals surface area contributed by atoms with Gasteiger partial charge in [-0.15, -0.1) is 0 Å². The number of ether oxygens (including phenoxy) is 1. The van der Waals surface area contributed by atoms with Gasteiger partial charge in [0.15, 0.2) is 0 Å². The molecular formula is C12H15NO4. The van der Waals surface area contributed by atoms with Crippen LogP contribution in [0.4, 0.5) is 0 Å². The van der Waals surface area contributed by atoms with Gasteiger partial charge in [0.2, 0.25) is 0 Å². The van der Waals surface area contributed by atoms with Crippen molar-refractivity contribution in [2.45, 2.75) is 26.3 Å². The molecule has 0 unspecified atom stereocenters. The molecule has 92 valence electrons. The summed E-state index contributed by atoms with van der Waals surface area (Å²) in [5, 5.41) is 10.8. The van der Waals surface area contributed by atoms with Gasteiger partial charge in [-0.25, -0.2) is 4.79 Å². The molecule has 5 nitrogen and oxygen atoms in total. The normalized spacial score (nSPS) is 11.9. The largest absolute Gasteiger partial charge is 0.461 e. The van der Waals surface area contributed by atoms with E-state index in [-0.39, 0.29) is 13.0 Å². The molecule has 0 aliphatic rings. The molecule has 1 atom stereocenters. The zero-order chi connectivity index (χ0) is 12.8. The molecule has 0 aromatic heterocycles. The number of nitrogens with zero attached hydrogens (tertiary/aromatic N) is 1. The molecule has 17 heavy (non-hydrogen) atoms. The lowest BCUT2D eigenvalue weighted by Crippen LogP contribution is -2.33. The summed E-state index contributed by atoms with van der Waals surface area (Å²) in [6.45, 7) is 3.71. The van der Waals surface area contributed by atoms with E-state index in [1.165, 1.54) is 0 Å². The molecule has 5 heteroatoms. The van der Waals surface area contributed by atoms with E-state index in [1.54, 1.807) is 19.1 Å². The second-order valence-electron chi connectivity index (χ2n) is 3.74. The first kappa shape index (κ1) is 13.2. The van der Waals surface area contributed by atoms with Gasteiger partial charge in [-0.1, -0.05) is 29.8 Å². The van der Waals surface area contributed by atoms with Crippen molar-refractivity contribution in [1.29, 1.82) is 0 Å². The number of carbonyl (C=O) groups is 1. The summed E-state index contributed by atoms with van der Waals surface area (Å²) < 4.78 is 4.68. The van der Waals surface area contributed by atoms with Gasteiger partial charge < -0.3 is 4.74 Å². The van der Waals surface area contributed by atoms with Crippen LogP contribution in [0.2, 0.25) is 0 Å². The van der Waals surface area contributed by atoms with E-state index in [2.05, 4.69) is 4.74 Å². The van der Waals surface area contributed by atoms with E-state index >= 15 is 0 Å². The second kappa shape index (κ2) is 5.98. The summed E-state index contributed by atoms with van der Waals surface area (Å²) in [5.74, 6) is -0.780.